The molecule has 1 N–H and O–H groups in total. The van der Waals surface area contributed by atoms with Crippen LogP contribution in [0.25, 0.3) is 10.9 Å². The van der Waals surface area contributed by atoms with Crippen LogP contribution in [0.3, 0.4) is 0 Å². The summed E-state index contributed by atoms with van der Waals surface area (Å²) in [7, 11) is 0. The van der Waals surface area contributed by atoms with Gasteiger partial charge in [-0.2, -0.15) is 9.78 Å². The first-order valence-electron chi connectivity index (χ1n) is 11.4. The highest BCUT2D eigenvalue weighted by atomic mass is 127. The number of amides is 1. The van der Waals surface area contributed by atoms with E-state index < -0.39 is 17.1 Å². The standard InChI is InChI=1S/C27H22BrFI2N4O3/c1-27(2,3)26-34-21-9-8-16(28)12-17(21)25(37)35(26)32-13-15-10-19(30)24(20(31)11-15)38-14-23(36)33-22-7-5-4-6-18(22)29/h4-13H,14H2,1-3H3,(H,33,36). The smallest absolute Gasteiger partial charge is 0.282 e. The number of fused-ring (bicyclic) bond motifs is 1. The number of carbonyl (C=O) groups is 1. The van der Waals surface area contributed by atoms with Crippen LogP contribution in [-0.4, -0.2) is 28.4 Å². The average molecular weight is 803 g/mol. The molecular weight excluding hydrogens is 781 g/mol. The second kappa shape index (κ2) is 11.8. The number of para-hydroxylation sites is 1. The number of nitrogens with one attached hydrogen (secondary N) is 1. The normalized spacial score (nSPS) is 11.8. The van der Waals surface area contributed by atoms with Crippen molar-refractivity contribution >= 4 is 89.8 Å². The topological polar surface area (TPSA) is 85.6 Å². The van der Waals surface area contributed by atoms with Gasteiger partial charge >= 0.3 is 0 Å². The van der Waals surface area contributed by atoms with Crippen molar-refractivity contribution in [3.05, 3.63) is 93.8 Å². The van der Waals surface area contributed by atoms with Gasteiger partial charge in [-0.3, -0.25) is 9.59 Å². The number of nitrogens with zero attached hydrogens (tertiary/aromatic N) is 3. The first-order valence-corrected chi connectivity index (χ1v) is 14.3. The molecule has 0 bridgehead atoms. The fourth-order valence-corrected chi connectivity index (χ4v) is 6.03. The summed E-state index contributed by atoms with van der Waals surface area (Å²) in [5.41, 5.74) is 0.754. The summed E-state index contributed by atoms with van der Waals surface area (Å²) in [6, 6.07) is 15.0. The van der Waals surface area contributed by atoms with E-state index >= 15 is 0 Å². The monoisotopic (exact) mass is 802 g/mol. The van der Waals surface area contributed by atoms with E-state index in [1.54, 1.807) is 24.4 Å². The minimum Gasteiger partial charge on any atom is -0.482 e. The Bertz CT molecular complexity index is 1610. The van der Waals surface area contributed by atoms with Crippen molar-refractivity contribution in [2.45, 2.75) is 26.2 Å². The van der Waals surface area contributed by atoms with E-state index in [0.29, 0.717) is 22.5 Å². The van der Waals surface area contributed by atoms with Crippen LogP contribution in [0.5, 0.6) is 5.75 Å². The van der Waals surface area contributed by atoms with Gasteiger partial charge in [0.05, 0.1) is 29.9 Å². The number of ether oxygens (including phenoxy) is 1. The van der Waals surface area contributed by atoms with Gasteiger partial charge in [0.1, 0.15) is 17.4 Å². The molecule has 1 amide bonds. The summed E-state index contributed by atoms with van der Waals surface area (Å²) in [6.07, 6.45) is 1.60. The molecule has 3 aromatic carbocycles. The maximum Gasteiger partial charge on any atom is 0.282 e. The lowest BCUT2D eigenvalue weighted by Gasteiger charge is -2.21. The molecule has 4 aromatic rings. The van der Waals surface area contributed by atoms with E-state index in [4.69, 9.17) is 9.72 Å². The number of hydrogen-bond acceptors (Lipinski definition) is 5. The van der Waals surface area contributed by atoms with Crippen molar-refractivity contribution in [2.24, 2.45) is 5.10 Å². The van der Waals surface area contributed by atoms with Crippen LogP contribution in [0.4, 0.5) is 10.1 Å². The largest absolute Gasteiger partial charge is 0.482 e. The number of anilines is 1. The summed E-state index contributed by atoms with van der Waals surface area (Å²) < 4.78 is 23.2. The minimum absolute atomic E-state index is 0.0949. The van der Waals surface area contributed by atoms with Gasteiger partial charge < -0.3 is 10.1 Å². The first-order chi connectivity index (χ1) is 17.9. The van der Waals surface area contributed by atoms with Crippen LogP contribution in [0, 0.1) is 13.0 Å². The number of carbonyl (C=O) groups excluding carboxylic acids is 1. The van der Waals surface area contributed by atoms with Crippen LogP contribution in [-0.2, 0) is 10.2 Å². The van der Waals surface area contributed by atoms with Crippen LogP contribution in [0.15, 0.2) is 69.0 Å². The number of hydrogen-bond donors (Lipinski definition) is 1. The fraction of sp³-hybridized carbons (Fsp3) is 0.185. The van der Waals surface area contributed by atoms with Gasteiger partial charge in [0.2, 0.25) is 0 Å². The summed E-state index contributed by atoms with van der Waals surface area (Å²) >= 11 is 7.65. The molecular formula is C27H22BrFI2N4O3. The van der Waals surface area contributed by atoms with Crippen LogP contribution in [0.1, 0.15) is 32.2 Å². The Morgan fingerprint density at radius 1 is 1.16 bits per heavy atom. The second-order valence-electron chi connectivity index (χ2n) is 9.34. The zero-order valence-corrected chi connectivity index (χ0v) is 26.5. The maximum absolute atomic E-state index is 13.8. The van der Waals surface area contributed by atoms with E-state index in [9.17, 15) is 14.0 Å². The SMILES string of the molecule is CC(C)(C)c1nc2ccc(Br)cc2c(=O)n1N=Cc1cc(I)c(OCC(=O)Nc2ccccc2F)c(I)c1. The Balaban J connectivity index is 1.59. The van der Waals surface area contributed by atoms with Crippen molar-refractivity contribution in [1.82, 2.24) is 9.66 Å². The molecule has 0 atom stereocenters. The molecule has 4 rings (SSSR count). The molecule has 7 nitrogen and oxygen atoms in total. The third kappa shape index (κ3) is 6.60. The van der Waals surface area contributed by atoms with Crippen molar-refractivity contribution < 1.29 is 13.9 Å². The van der Waals surface area contributed by atoms with Gasteiger partial charge in [0.25, 0.3) is 11.5 Å². The molecule has 1 heterocycles. The Morgan fingerprint density at radius 2 is 1.84 bits per heavy atom. The quantitative estimate of drug-likeness (QED) is 0.174. The van der Waals surface area contributed by atoms with Crippen molar-refractivity contribution in [3.63, 3.8) is 0 Å². The molecule has 11 heteroatoms. The molecule has 196 valence electrons. The van der Waals surface area contributed by atoms with Gasteiger partial charge in [-0.15, -0.1) is 0 Å². The zero-order chi connectivity index (χ0) is 27.6. The lowest BCUT2D eigenvalue weighted by Crippen LogP contribution is -2.29. The highest BCUT2D eigenvalue weighted by Crippen LogP contribution is 2.29. The Labute approximate surface area is 254 Å². The van der Waals surface area contributed by atoms with E-state index in [1.807, 2.05) is 45.0 Å². The Kier molecular flexibility index (Phi) is 8.87. The van der Waals surface area contributed by atoms with Gasteiger partial charge in [-0.1, -0.05) is 48.8 Å². The van der Waals surface area contributed by atoms with Crippen molar-refractivity contribution in [1.29, 1.82) is 0 Å². The van der Waals surface area contributed by atoms with Gasteiger partial charge in [0.15, 0.2) is 6.61 Å². The number of benzene rings is 3. The predicted molar refractivity (Wildman–Crippen MR) is 168 cm³/mol. The zero-order valence-electron chi connectivity index (χ0n) is 20.6. The van der Waals surface area contributed by atoms with Gasteiger partial charge in [-0.25, -0.2) is 9.37 Å². The molecule has 38 heavy (non-hydrogen) atoms. The first kappa shape index (κ1) is 28.6. The summed E-state index contributed by atoms with van der Waals surface area (Å²) in [5.74, 6) is 0.0732. The maximum atomic E-state index is 13.8. The van der Waals surface area contributed by atoms with E-state index in [1.165, 1.54) is 16.8 Å². The molecule has 1 aromatic heterocycles. The third-order valence-corrected chi connectivity index (χ3v) is 7.41. The molecule has 0 aliphatic heterocycles. The fourth-order valence-electron chi connectivity index (χ4n) is 3.54. The molecule has 0 radical (unpaired) electrons. The van der Waals surface area contributed by atoms with Gasteiger partial charge in [-0.05, 0) is 93.2 Å². The molecule has 0 fully saturated rings. The summed E-state index contributed by atoms with van der Waals surface area (Å²) in [5, 5.41) is 7.48. The van der Waals surface area contributed by atoms with Crippen molar-refractivity contribution in [3.8, 4) is 5.75 Å². The predicted octanol–water partition coefficient (Wildman–Crippen LogP) is 6.70. The van der Waals surface area contributed by atoms with Crippen LogP contribution >= 0.6 is 61.1 Å². The molecule has 0 saturated carbocycles. The number of halogens is 4. The minimum atomic E-state index is -0.517. The van der Waals surface area contributed by atoms with Gasteiger partial charge in [0, 0.05) is 9.89 Å². The summed E-state index contributed by atoms with van der Waals surface area (Å²) in [6.45, 7) is 5.65. The van der Waals surface area contributed by atoms with Crippen LogP contribution in [0.2, 0.25) is 0 Å². The van der Waals surface area contributed by atoms with E-state index in [-0.39, 0.29) is 17.9 Å². The third-order valence-electron chi connectivity index (χ3n) is 5.32. The molecule has 0 saturated heterocycles. The Hall–Kier alpha value is -2.39. The average Bonchev–Trinajstić information content (AvgIpc) is 2.84. The number of rotatable bonds is 6. The van der Waals surface area contributed by atoms with Crippen LogP contribution < -0.4 is 15.6 Å². The Morgan fingerprint density at radius 3 is 2.50 bits per heavy atom. The lowest BCUT2D eigenvalue weighted by atomic mass is 9.95. The lowest BCUT2D eigenvalue weighted by molar-refractivity contribution is -0.118. The molecule has 0 aliphatic carbocycles. The highest BCUT2D eigenvalue weighted by Gasteiger charge is 2.23. The van der Waals surface area contributed by atoms with E-state index in [0.717, 1.165) is 17.2 Å². The van der Waals surface area contributed by atoms with E-state index in [2.05, 4.69) is 71.5 Å². The van der Waals surface area contributed by atoms with Crippen molar-refractivity contribution in [2.75, 3.05) is 11.9 Å². The highest BCUT2D eigenvalue weighted by molar-refractivity contribution is 14.1. The second-order valence-corrected chi connectivity index (χ2v) is 12.6. The molecule has 0 aliphatic rings. The molecule has 0 spiro atoms. The summed E-state index contributed by atoms with van der Waals surface area (Å²) in [4.78, 5) is 30.4. The number of aromatic nitrogens is 2. The molecule has 0 unspecified atom stereocenters.